The summed E-state index contributed by atoms with van der Waals surface area (Å²) in [5.74, 6) is -1.18. The van der Waals surface area contributed by atoms with Crippen LogP contribution in [0.4, 0.5) is 5.00 Å². The molecule has 140 valence electrons. The first-order valence-corrected chi connectivity index (χ1v) is 9.41. The molecule has 7 heteroatoms. The number of anilines is 1. The Hall–Kier alpha value is -2.93. The van der Waals surface area contributed by atoms with Crippen molar-refractivity contribution in [1.82, 2.24) is 0 Å². The van der Waals surface area contributed by atoms with Crippen LogP contribution in [-0.2, 0) is 11.2 Å². The number of ether oxygens (including phenoxy) is 1. The molecule has 0 aliphatic rings. The number of para-hydroxylation sites is 1. The number of amides is 1. The van der Waals surface area contributed by atoms with Crippen LogP contribution in [0.25, 0.3) is 11.0 Å². The van der Waals surface area contributed by atoms with E-state index in [4.69, 9.17) is 9.15 Å². The van der Waals surface area contributed by atoms with Crippen molar-refractivity contribution < 1.29 is 18.7 Å². The summed E-state index contributed by atoms with van der Waals surface area (Å²) in [5.41, 5.74) is 1.23. The molecule has 0 spiro atoms. The first-order chi connectivity index (χ1) is 13.0. The van der Waals surface area contributed by atoms with Crippen LogP contribution in [0.5, 0.6) is 0 Å². The molecule has 2 aromatic heterocycles. The van der Waals surface area contributed by atoms with E-state index < -0.39 is 11.9 Å². The van der Waals surface area contributed by atoms with E-state index in [-0.39, 0.29) is 17.8 Å². The lowest BCUT2D eigenvalue weighted by molar-refractivity contribution is 0.0527. The third-order valence-electron chi connectivity index (χ3n) is 4.13. The summed E-state index contributed by atoms with van der Waals surface area (Å²) < 4.78 is 10.7. The van der Waals surface area contributed by atoms with Gasteiger partial charge in [-0.05, 0) is 38.0 Å². The summed E-state index contributed by atoms with van der Waals surface area (Å²) in [4.78, 5) is 38.2. The lowest BCUT2D eigenvalue weighted by Gasteiger charge is -2.08. The van der Waals surface area contributed by atoms with Crippen molar-refractivity contribution in [2.24, 2.45) is 0 Å². The smallest absolute Gasteiger partial charge is 0.341 e. The molecule has 3 rings (SSSR count). The highest BCUT2D eigenvalue weighted by molar-refractivity contribution is 7.16. The quantitative estimate of drug-likeness (QED) is 0.667. The Kier molecular flexibility index (Phi) is 5.41. The van der Waals surface area contributed by atoms with Gasteiger partial charge in [0, 0.05) is 10.9 Å². The van der Waals surface area contributed by atoms with Gasteiger partial charge in [0.2, 0.25) is 0 Å². The fraction of sp³-hybridized carbons (Fsp3) is 0.250. The highest BCUT2D eigenvalue weighted by atomic mass is 32.1. The van der Waals surface area contributed by atoms with Crippen LogP contribution in [-0.4, -0.2) is 18.5 Å². The van der Waals surface area contributed by atoms with Crippen LogP contribution in [0, 0.1) is 6.92 Å². The van der Waals surface area contributed by atoms with E-state index in [9.17, 15) is 14.4 Å². The number of nitrogens with one attached hydrogen (secondary N) is 1. The van der Waals surface area contributed by atoms with E-state index in [0.29, 0.717) is 28.0 Å². The van der Waals surface area contributed by atoms with Gasteiger partial charge >= 0.3 is 5.97 Å². The van der Waals surface area contributed by atoms with E-state index in [2.05, 4.69) is 5.32 Å². The molecule has 0 radical (unpaired) electrons. The molecular formula is C20H19NO5S. The van der Waals surface area contributed by atoms with Crippen molar-refractivity contribution in [1.29, 1.82) is 0 Å². The molecule has 6 nitrogen and oxygen atoms in total. The predicted octanol–water partition coefficient (Wildman–Crippen LogP) is 4.15. The molecule has 0 atom stereocenters. The predicted molar refractivity (Wildman–Crippen MR) is 105 cm³/mol. The summed E-state index contributed by atoms with van der Waals surface area (Å²) >= 11 is 1.30. The van der Waals surface area contributed by atoms with Crippen molar-refractivity contribution in [2.45, 2.75) is 27.2 Å². The SMILES string of the molecule is CCOC(=O)c1c(NC(=O)c2cc(=O)c3ccccc3o2)sc(C)c1CC. The highest BCUT2D eigenvalue weighted by Gasteiger charge is 2.24. The zero-order chi connectivity index (χ0) is 19.6. The van der Waals surface area contributed by atoms with Gasteiger partial charge in [-0.15, -0.1) is 11.3 Å². The van der Waals surface area contributed by atoms with Crippen LogP contribution in [0.15, 0.2) is 39.5 Å². The molecule has 1 aromatic carbocycles. The largest absolute Gasteiger partial charge is 0.462 e. The van der Waals surface area contributed by atoms with E-state index in [1.165, 1.54) is 11.3 Å². The number of benzene rings is 1. The van der Waals surface area contributed by atoms with Gasteiger partial charge in [-0.1, -0.05) is 19.1 Å². The van der Waals surface area contributed by atoms with Gasteiger partial charge in [0.15, 0.2) is 11.2 Å². The number of rotatable bonds is 5. The first kappa shape index (κ1) is 18.8. The number of thiophene rings is 1. The summed E-state index contributed by atoms with van der Waals surface area (Å²) in [6.07, 6.45) is 0.636. The van der Waals surface area contributed by atoms with Gasteiger partial charge in [-0.2, -0.15) is 0 Å². The van der Waals surface area contributed by atoms with Gasteiger partial charge in [0.05, 0.1) is 17.6 Å². The van der Waals surface area contributed by atoms with Crippen LogP contribution in [0.3, 0.4) is 0 Å². The number of carbonyl (C=O) groups is 2. The molecular weight excluding hydrogens is 366 g/mol. The monoisotopic (exact) mass is 385 g/mol. The fourth-order valence-electron chi connectivity index (χ4n) is 2.89. The van der Waals surface area contributed by atoms with Crippen molar-refractivity contribution in [3.8, 4) is 0 Å². The van der Waals surface area contributed by atoms with Crippen molar-refractivity contribution in [2.75, 3.05) is 11.9 Å². The van der Waals surface area contributed by atoms with Gasteiger partial charge in [-0.25, -0.2) is 4.79 Å². The second kappa shape index (κ2) is 7.75. The Balaban J connectivity index is 1.99. The van der Waals surface area contributed by atoms with E-state index in [0.717, 1.165) is 16.5 Å². The molecule has 0 aliphatic heterocycles. The first-order valence-electron chi connectivity index (χ1n) is 8.59. The van der Waals surface area contributed by atoms with Gasteiger partial charge < -0.3 is 14.5 Å². The van der Waals surface area contributed by atoms with Crippen LogP contribution >= 0.6 is 11.3 Å². The molecule has 3 aromatic rings. The Morgan fingerprint density at radius 3 is 2.67 bits per heavy atom. The molecule has 0 bridgehead atoms. The molecule has 1 amide bonds. The van der Waals surface area contributed by atoms with E-state index in [1.807, 2.05) is 13.8 Å². The van der Waals surface area contributed by atoms with Gasteiger partial charge in [0.1, 0.15) is 10.6 Å². The topological polar surface area (TPSA) is 85.6 Å². The summed E-state index contributed by atoms with van der Waals surface area (Å²) in [5, 5.41) is 3.50. The Morgan fingerprint density at radius 2 is 1.96 bits per heavy atom. The minimum Gasteiger partial charge on any atom is -0.462 e. The number of esters is 1. The number of aryl methyl sites for hydroxylation is 1. The minimum atomic E-state index is -0.590. The van der Waals surface area contributed by atoms with Crippen LogP contribution < -0.4 is 10.7 Å². The standard InChI is InChI=1S/C20H19NO5S/c1-4-12-11(3)27-19(17(12)20(24)25-5-2)21-18(23)16-10-14(22)13-8-6-7-9-15(13)26-16/h6-10H,4-5H2,1-3H3,(H,21,23). The van der Waals surface area contributed by atoms with Gasteiger partial charge in [-0.3, -0.25) is 9.59 Å². The summed E-state index contributed by atoms with van der Waals surface area (Å²) in [6, 6.07) is 7.87. The maximum atomic E-state index is 12.7. The molecule has 27 heavy (non-hydrogen) atoms. The maximum absolute atomic E-state index is 12.7. The molecule has 0 fully saturated rings. The lowest BCUT2D eigenvalue weighted by Crippen LogP contribution is -2.17. The van der Waals surface area contributed by atoms with E-state index in [1.54, 1.807) is 31.2 Å². The second-order valence-corrected chi connectivity index (χ2v) is 7.06. The van der Waals surface area contributed by atoms with Crippen molar-refractivity contribution in [3.05, 3.63) is 62.3 Å². The van der Waals surface area contributed by atoms with E-state index >= 15 is 0 Å². The molecule has 0 unspecified atom stereocenters. The summed E-state index contributed by atoms with van der Waals surface area (Å²) in [7, 11) is 0. The second-order valence-electron chi connectivity index (χ2n) is 5.84. The maximum Gasteiger partial charge on any atom is 0.341 e. The lowest BCUT2D eigenvalue weighted by atomic mass is 10.1. The third-order valence-corrected chi connectivity index (χ3v) is 5.19. The number of hydrogen-bond acceptors (Lipinski definition) is 6. The third kappa shape index (κ3) is 3.64. The Morgan fingerprint density at radius 1 is 1.22 bits per heavy atom. The molecule has 0 saturated heterocycles. The average Bonchev–Trinajstić information content (AvgIpc) is 2.96. The summed E-state index contributed by atoms with van der Waals surface area (Å²) in [6.45, 7) is 5.79. The highest BCUT2D eigenvalue weighted by Crippen LogP contribution is 2.34. The Labute approximate surface area is 159 Å². The minimum absolute atomic E-state index is 0.113. The van der Waals surface area contributed by atoms with Crippen LogP contribution in [0.2, 0.25) is 0 Å². The number of hydrogen-bond donors (Lipinski definition) is 1. The van der Waals surface area contributed by atoms with Crippen molar-refractivity contribution >= 4 is 39.2 Å². The van der Waals surface area contributed by atoms with Crippen LogP contribution in [0.1, 0.15) is 45.2 Å². The molecule has 0 saturated carbocycles. The zero-order valence-electron chi connectivity index (χ0n) is 15.3. The molecule has 0 aliphatic carbocycles. The molecule has 2 heterocycles. The Bertz CT molecular complexity index is 1080. The molecule has 1 N–H and O–H groups in total. The number of fused-ring (bicyclic) bond motifs is 1. The number of carbonyl (C=O) groups excluding carboxylic acids is 2. The zero-order valence-corrected chi connectivity index (χ0v) is 16.1. The normalized spacial score (nSPS) is 10.8. The van der Waals surface area contributed by atoms with Crippen molar-refractivity contribution in [3.63, 3.8) is 0 Å². The van der Waals surface area contributed by atoms with Gasteiger partial charge in [0.25, 0.3) is 5.91 Å². The average molecular weight is 385 g/mol. The fourth-order valence-corrected chi connectivity index (χ4v) is 4.02.